The quantitative estimate of drug-likeness (QED) is 0.629. The molecule has 1 N–H and O–H groups in total. The Bertz CT molecular complexity index is 569. The lowest BCUT2D eigenvalue weighted by Crippen LogP contribution is -2.13. The van der Waals surface area contributed by atoms with Gasteiger partial charge >= 0.3 is 5.97 Å². The summed E-state index contributed by atoms with van der Waals surface area (Å²) >= 11 is 0. The summed E-state index contributed by atoms with van der Waals surface area (Å²) in [6, 6.07) is 1.33. The molecule has 1 aromatic rings. The highest BCUT2D eigenvalue weighted by Gasteiger charge is 2.17. The molecule has 0 saturated heterocycles. The van der Waals surface area contributed by atoms with Gasteiger partial charge in [-0.1, -0.05) is 45.4 Å². The number of pyridine rings is 1. The Morgan fingerprint density at radius 2 is 1.77 bits per heavy atom. The van der Waals surface area contributed by atoms with Crippen LogP contribution in [0.4, 0.5) is 0 Å². The number of hydrogen-bond donors (Lipinski definition) is 1. The largest absolute Gasteiger partial charge is 0.478 e. The molecular formula is C16H25NO4S. The van der Waals surface area contributed by atoms with E-state index < -0.39 is 15.8 Å². The minimum absolute atomic E-state index is 0.0122. The van der Waals surface area contributed by atoms with Crippen LogP contribution in [0.5, 0.6) is 0 Å². The molecular weight excluding hydrogens is 302 g/mol. The zero-order chi connectivity index (χ0) is 16.4. The van der Waals surface area contributed by atoms with Crippen molar-refractivity contribution >= 4 is 15.8 Å². The number of aromatic nitrogens is 1. The summed E-state index contributed by atoms with van der Waals surface area (Å²) in [5, 5.41) is 9.06. The van der Waals surface area contributed by atoms with Gasteiger partial charge in [-0.15, -0.1) is 0 Å². The molecule has 0 aliphatic carbocycles. The zero-order valence-electron chi connectivity index (χ0n) is 13.1. The summed E-state index contributed by atoms with van der Waals surface area (Å²) in [4.78, 5) is 14.9. The standard InChI is InChI=1S/C16H25NO4S/c1-2-3-4-5-6-7-8-11-22(20,21)13-14-12-17-10-9-15(14)16(18)19/h9-10,12H,2-8,11,13H2,1H3,(H,18,19). The van der Waals surface area contributed by atoms with Crippen molar-refractivity contribution in [1.82, 2.24) is 4.98 Å². The maximum Gasteiger partial charge on any atom is 0.336 e. The fraction of sp³-hybridized carbons (Fsp3) is 0.625. The number of rotatable bonds is 11. The normalized spacial score (nSPS) is 11.5. The molecule has 0 atom stereocenters. The molecule has 0 saturated carbocycles. The molecule has 1 aromatic heterocycles. The molecule has 1 rings (SSSR count). The Morgan fingerprint density at radius 3 is 2.41 bits per heavy atom. The van der Waals surface area contributed by atoms with Crippen molar-refractivity contribution in [1.29, 1.82) is 0 Å². The summed E-state index contributed by atoms with van der Waals surface area (Å²) in [5.74, 6) is -1.27. The van der Waals surface area contributed by atoms with Crippen LogP contribution < -0.4 is 0 Å². The first-order chi connectivity index (χ1) is 10.5. The van der Waals surface area contributed by atoms with Crippen LogP contribution in [0.25, 0.3) is 0 Å². The van der Waals surface area contributed by atoms with Crippen LogP contribution in [-0.2, 0) is 15.6 Å². The van der Waals surface area contributed by atoms with E-state index in [9.17, 15) is 13.2 Å². The van der Waals surface area contributed by atoms with Crippen molar-refractivity contribution < 1.29 is 18.3 Å². The highest BCUT2D eigenvalue weighted by molar-refractivity contribution is 7.90. The first-order valence-corrected chi connectivity index (χ1v) is 9.65. The van der Waals surface area contributed by atoms with Crippen LogP contribution in [0.3, 0.4) is 0 Å². The second-order valence-electron chi connectivity index (χ2n) is 5.55. The Labute approximate surface area is 132 Å². The van der Waals surface area contributed by atoms with Crippen molar-refractivity contribution in [2.24, 2.45) is 0 Å². The first kappa shape index (κ1) is 18.6. The van der Waals surface area contributed by atoms with E-state index in [0.29, 0.717) is 6.42 Å². The van der Waals surface area contributed by atoms with Gasteiger partial charge in [-0.2, -0.15) is 0 Å². The first-order valence-electron chi connectivity index (χ1n) is 7.83. The third-order valence-corrected chi connectivity index (χ3v) is 5.23. The van der Waals surface area contributed by atoms with Gasteiger partial charge < -0.3 is 5.11 Å². The van der Waals surface area contributed by atoms with Crippen molar-refractivity contribution in [3.05, 3.63) is 29.6 Å². The molecule has 124 valence electrons. The number of sulfone groups is 1. The number of carboxylic acids is 1. The van der Waals surface area contributed by atoms with E-state index in [1.807, 2.05) is 0 Å². The number of unbranched alkanes of at least 4 members (excludes halogenated alkanes) is 6. The Hall–Kier alpha value is -1.43. The van der Waals surface area contributed by atoms with E-state index in [2.05, 4.69) is 11.9 Å². The molecule has 0 spiro atoms. The summed E-state index contributed by atoms with van der Waals surface area (Å²) in [7, 11) is -3.29. The van der Waals surface area contributed by atoms with E-state index in [1.54, 1.807) is 0 Å². The van der Waals surface area contributed by atoms with Gasteiger partial charge in [0.1, 0.15) is 0 Å². The highest BCUT2D eigenvalue weighted by Crippen LogP contribution is 2.14. The van der Waals surface area contributed by atoms with E-state index in [4.69, 9.17) is 5.11 Å². The lowest BCUT2D eigenvalue weighted by atomic mass is 10.1. The molecule has 0 bridgehead atoms. The van der Waals surface area contributed by atoms with E-state index >= 15 is 0 Å². The van der Waals surface area contributed by atoms with Gasteiger partial charge in [0.05, 0.1) is 17.1 Å². The van der Waals surface area contributed by atoms with Crippen LogP contribution in [0, 0.1) is 0 Å². The number of nitrogens with zero attached hydrogens (tertiary/aromatic N) is 1. The Kier molecular flexibility index (Phi) is 8.09. The smallest absolute Gasteiger partial charge is 0.336 e. The van der Waals surface area contributed by atoms with E-state index in [-0.39, 0.29) is 22.6 Å². The minimum Gasteiger partial charge on any atom is -0.478 e. The van der Waals surface area contributed by atoms with Gasteiger partial charge in [0.15, 0.2) is 9.84 Å². The molecule has 0 aliphatic heterocycles. The van der Waals surface area contributed by atoms with Gasteiger partial charge in [-0.05, 0) is 18.1 Å². The van der Waals surface area contributed by atoms with Gasteiger partial charge in [-0.3, -0.25) is 4.98 Å². The molecule has 0 unspecified atom stereocenters. The highest BCUT2D eigenvalue weighted by atomic mass is 32.2. The van der Waals surface area contributed by atoms with Crippen molar-refractivity contribution in [3.63, 3.8) is 0 Å². The molecule has 0 radical (unpaired) electrons. The topological polar surface area (TPSA) is 84.3 Å². The van der Waals surface area contributed by atoms with Gasteiger partial charge in [0.25, 0.3) is 0 Å². The third kappa shape index (κ3) is 7.02. The number of carboxylic acid groups (broad SMARTS) is 1. The molecule has 5 nitrogen and oxygen atoms in total. The summed E-state index contributed by atoms with van der Waals surface area (Å²) in [6.45, 7) is 2.16. The number of carbonyl (C=O) groups is 1. The lowest BCUT2D eigenvalue weighted by Gasteiger charge is -2.07. The van der Waals surface area contributed by atoms with Crippen molar-refractivity contribution in [3.8, 4) is 0 Å². The minimum atomic E-state index is -3.29. The van der Waals surface area contributed by atoms with Crippen molar-refractivity contribution in [2.45, 2.75) is 57.6 Å². The predicted octanol–water partition coefficient (Wildman–Crippen LogP) is 3.45. The zero-order valence-corrected chi connectivity index (χ0v) is 13.9. The van der Waals surface area contributed by atoms with Crippen LogP contribution in [0.2, 0.25) is 0 Å². The van der Waals surface area contributed by atoms with Gasteiger partial charge in [-0.25, -0.2) is 13.2 Å². The molecule has 0 aromatic carbocycles. The van der Waals surface area contributed by atoms with Gasteiger partial charge in [0, 0.05) is 12.4 Å². The SMILES string of the molecule is CCCCCCCCCS(=O)(=O)Cc1cnccc1C(=O)O. The Morgan fingerprint density at radius 1 is 1.14 bits per heavy atom. The molecule has 22 heavy (non-hydrogen) atoms. The monoisotopic (exact) mass is 327 g/mol. The maximum absolute atomic E-state index is 12.1. The van der Waals surface area contributed by atoms with Crippen molar-refractivity contribution in [2.75, 3.05) is 5.75 Å². The average Bonchev–Trinajstić information content (AvgIpc) is 2.46. The van der Waals surface area contributed by atoms with Crippen LogP contribution in [-0.4, -0.2) is 30.2 Å². The summed E-state index contributed by atoms with van der Waals surface area (Å²) < 4.78 is 24.2. The summed E-state index contributed by atoms with van der Waals surface area (Å²) in [6.07, 6.45) is 10.1. The predicted molar refractivity (Wildman–Crippen MR) is 86.7 cm³/mol. The molecule has 1 heterocycles. The fourth-order valence-corrected chi connectivity index (χ4v) is 3.83. The van der Waals surface area contributed by atoms with Crippen LogP contribution in [0.1, 0.15) is 67.8 Å². The summed E-state index contributed by atoms with van der Waals surface area (Å²) in [5.41, 5.74) is 0.274. The van der Waals surface area contributed by atoms with E-state index in [1.165, 1.54) is 37.7 Å². The maximum atomic E-state index is 12.1. The van der Waals surface area contributed by atoms with Gasteiger partial charge in [0.2, 0.25) is 0 Å². The third-order valence-electron chi connectivity index (χ3n) is 3.57. The molecule has 0 amide bonds. The number of aromatic carboxylic acids is 1. The second-order valence-corrected chi connectivity index (χ2v) is 7.74. The lowest BCUT2D eigenvalue weighted by molar-refractivity contribution is 0.0696. The van der Waals surface area contributed by atoms with Crippen LogP contribution in [0.15, 0.2) is 18.5 Å². The molecule has 0 fully saturated rings. The Balaban J connectivity index is 2.43. The molecule has 0 aliphatic rings. The van der Waals surface area contributed by atoms with Crippen LogP contribution >= 0.6 is 0 Å². The average molecular weight is 327 g/mol. The number of hydrogen-bond acceptors (Lipinski definition) is 4. The fourth-order valence-electron chi connectivity index (χ4n) is 2.34. The van der Waals surface area contributed by atoms with E-state index in [0.717, 1.165) is 19.3 Å². The second kappa shape index (κ2) is 9.56. The molecule has 6 heteroatoms.